The van der Waals surface area contributed by atoms with Crippen LogP contribution in [0.5, 0.6) is 0 Å². The lowest BCUT2D eigenvalue weighted by Crippen LogP contribution is -2.39. The van der Waals surface area contributed by atoms with Gasteiger partial charge in [-0.2, -0.15) is 26.3 Å². The monoisotopic (exact) mass is 595 g/mol. The third kappa shape index (κ3) is 11.4. The van der Waals surface area contributed by atoms with Gasteiger partial charge in [0.25, 0.3) is 0 Å². The number of alkyl halides is 6. The number of imidazole rings is 1. The first-order valence-corrected chi connectivity index (χ1v) is 12.6. The molecule has 0 aromatic carbocycles. The first-order valence-electron chi connectivity index (χ1n) is 12.6. The quantitative estimate of drug-likeness (QED) is 0.427. The lowest BCUT2D eigenvalue weighted by molar-refractivity contribution is -0.193. The molecule has 1 fully saturated rings. The van der Waals surface area contributed by atoms with Crippen molar-refractivity contribution in [2.24, 2.45) is 5.92 Å². The van der Waals surface area contributed by atoms with Crippen LogP contribution in [0.3, 0.4) is 0 Å². The van der Waals surface area contributed by atoms with Gasteiger partial charge in [-0.25, -0.2) is 14.6 Å². The minimum Gasteiger partial charge on any atom is -0.475 e. The van der Waals surface area contributed by atoms with Gasteiger partial charge in [-0.05, 0) is 37.3 Å². The number of carbonyl (C=O) groups is 3. The molecule has 1 aliphatic carbocycles. The number of aliphatic carboxylic acids is 2. The Kier molecular flexibility index (Phi) is 12.1. The van der Waals surface area contributed by atoms with Gasteiger partial charge in [0.15, 0.2) is 0 Å². The molecule has 0 saturated heterocycles. The van der Waals surface area contributed by atoms with Gasteiger partial charge in [0.05, 0.1) is 18.2 Å². The van der Waals surface area contributed by atoms with E-state index in [1.165, 1.54) is 32.2 Å². The van der Waals surface area contributed by atoms with Crippen LogP contribution in [0.25, 0.3) is 0 Å². The van der Waals surface area contributed by atoms with Crippen molar-refractivity contribution in [3.05, 3.63) is 47.8 Å². The van der Waals surface area contributed by atoms with Gasteiger partial charge in [0, 0.05) is 44.8 Å². The molecule has 3 N–H and O–H groups in total. The van der Waals surface area contributed by atoms with E-state index >= 15 is 0 Å². The van der Waals surface area contributed by atoms with Gasteiger partial charge in [-0.1, -0.05) is 18.9 Å². The molecule has 0 bridgehead atoms. The third-order valence-electron chi connectivity index (χ3n) is 6.41. The van der Waals surface area contributed by atoms with Crippen molar-refractivity contribution in [2.75, 3.05) is 13.1 Å². The van der Waals surface area contributed by atoms with Gasteiger partial charge < -0.3 is 20.1 Å². The highest BCUT2D eigenvalue weighted by Crippen LogP contribution is 2.31. The summed E-state index contributed by atoms with van der Waals surface area (Å²) in [6.45, 7) is 5.99. The van der Waals surface area contributed by atoms with Crippen LogP contribution in [0.1, 0.15) is 55.7 Å². The summed E-state index contributed by atoms with van der Waals surface area (Å²) >= 11 is 0. The number of carboxylic acid groups (broad SMARTS) is 2. The summed E-state index contributed by atoms with van der Waals surface area (Å²) in [5.41, 5.74) is 1.87. The molecule has 228 valence electrons. The predicted octanol–water partition coefficient (Wildman–Crippen LogP) is 3.97. The van der Waals surface area contributed by atoms with Crippen LogP contribution in [0.2, 0.25) is 0 Å². The number of rotatable bonds is 6. The third-order valence-corrected chi connectivity index (χ3v) is 6.41. The highest BCUT2D eigenvalue weighted by molar-refractivity contribution is 5.78. The van der Waals surface area contributed by atoms with Crippen LogP contribution in [0, 0.1) is 5.92 Å². The number of carbonyl (C=O) groups excluding carboxylic acids is 1. The molecule has 0 radical (unpaired) electrons. The number of pyridine rings is 1. The van der Waals surface area contributed by atoms with E-state index in [4.69, 9.17) is 24.8 Å². The van der Waals surface area contributed by atoms with Gasteiger partial charge in [0.2, 0.25) is 5.91 Å². The summed E-state index contributed by atoms with van der Waals surface area (Å²) in [7, 11) is 0. The van der Waals surface area contributed by atoms with Crippen molar-refractivity contribution in [1.29, 1.82) is 0 Å². The molecule has 1 atom stereocenters. The summed E-state index contributed by atoms with van der Waals surface area (Å²) in [4.78, 5) is 41.5. The van der Waals surface area contributed by atoms with Crippen molar-refractivity contribution >= 4 is 17.8 Å². The average molecular weight is 596 g/mol. The highest BCUT2D eigenvalue weighted by atomic mass is 19.4. The number of amides is 1. The molecule has 10 nitrogen and oxygen atoms in total. The Hall–Kier alpha value is -3.69. The van der Waals surface area contributed by atoms with Crippen molar-refractivity contribution in [1.82, 2.24) is 24.8 Å². The van der Waals surface area contributed by atoms with E-state index in [1.54, 1.807) is 12.4 Å². The summed E-state index contributed by atoms with van der Waals surface area (Å²) in [6.07, 6.45) is 1.26. The lowest BCUT2D eigenvalue weighted by atomic mass is 10.1. The molecule has 1 saturated carbocycles. The number of hydrogen-bond donors (Lipinski definition) is 3. The van der Waals surface area contributed by atoms with Crippen molar-refractivity contribution in [3.8, 4) is 0 Å². The molecule has 1 unspecified atom stereocenters. The molecule has 4 rings (SSSR count). The predicted molar refractivity (Wildman–Crippen MR) is 131 cm³/mol. The lowest BCUT2D eigenvalue weighted by Gasteiger charge is -2.35. The molecule has 41 heavy (non-hydrogen) atoms. The first kappa shape index (κ1) is 33.5. The Morgan fingerprint density at radius 1 is 1.02 bits per heavy atom. The Morgan fingerprint density at radius 3 is 2.12 bits per heavy atom. The number of nitrogens with one attached hydrogen (secondary N) is 1. The largest absolute Gasteiger partial charge is 0.490 e. The molecule has 0 spiro atoms. The van der Waals surface area contributed by atoms with Crippen LogP contribution >= 0.6 is 0 Å². The Balaban J connectivity index is 0.000000349. The Labute approximate surface area is 231 Å². The number of aromatic nitrogens is 3. The van der Waals surface area contributed by atoms with Crippen molar-refractivity contribution in [2.45, 2.75) is 70.5 Å². The van der Waals surface area contributed by atoms with E-state index in [0.29, 0.717) is 19.0 Å². The Morgan fingerprint density at radius 2 is 1.61 bits per heavy atom. The number of fused-ring (bicyclic) bond motifs is 1. The Bertz CT molecular complexity index is 1130. The topological polar surface area (TPSA) is 138 Å². The van der Waals surface area contributed by atoms with Crippen LogP contribution in [0.4, 0.5) is 26.3 Å². The molecule has 1 amide bonds. The zero-order valence-corrected chi connectivity index (χ0v) is 22.1. The van der Waals surface area contributed by atoms with Crippen LogP contribution < -0.4 is 5.32 Å². The van der Waals surface area contributed by atoms with Gasteiger partial charge in [-0.3, -0.25) is 14.7 Å². The van der Waals surface area contributed by atoms with E-state index in [2.05, 4.69) is 32.9 Å². The van der Waals surface area contributed by atoms with Crippen molar-refractivity contribution in [3.63, 3.8) is 0 Å². The zero-order valence-electron chi connectivity index (χ0n) is 22.1. The molecule has 3 heterocycles. The SMILES string of the molecule is CC1c2nc(CC(=O)NCc3cccnc3)cn2CCN1CC1CCCC1.O=C(O)C(F)(F)F.O=C(O)C(F)(F)F. The molecular weight excluding hydrogens is 564 g/mol. The van der Waals surface area contributed by atoms with E-state index in [1.807, 2.05) is 12.1 Å². The fourth-order valence-corrected chi connectivity index (χ4v) is 4.38. The van der Waals surface area contributed by atoms with Crippen LogP contribution in [0.15, 0.2) is 30.7 Å². The van der Waals surface area contributed by atoms with E-state index in [0.717, 1.165) is 36.1 Å². The van der Waals surface area contributed by atoms with E-state index in [9.17, 15) is 31.1 Å². The standard InChI is InChI=1S/C21H29N5O.2C2HF3O2/c1-16-21-24-19(11-20(27)23-13-18-7-4-8-22-12-18)15-26(21)10-9-25(16)14-17-5-2-3-6-17;2*3-2(4,5)1(6)7/h4,7-8,12,15-17H,2-3,5-6,9-11,13-14H2,1H3,(H,23,27);2*(H,6,7). The molecule has 2 aromatic heterocycles. The number of halogens is 6. The summed E-state index contributed by atoms with van der Waals surface area (Å²) in [5.74, 6) is -3.55. The molecular formula is C25H31F6N5O5. The smallest absolute Gasteiger partial charge is 0.475 e. The fraction of sp³-hybridized carbons (Fsp3) is 0.560. The number of hydrogen-bond acceptors (Lipinski definition) is 6. The maximum absolute atomic E-state index is 12.3. The van der Waals surface area contributed by atoms with Gasteiger partial charge >= 0.3 is 24.3 Å². The molecule has 1 aliphatic heterocycles. The first-order chi connectivity index (χ1) is 19.1. The maximum atomic E-state index is 12.3. The van der Waals surface area contributed by atoms with Gasteiger partial charge in [0.1, 0.15) is 5.82 Å². The minimum absolute atomic E-state index is 0.00441. The normalized spacial score (nSPS) is 17.4. The molecule has 16 heteroatoms. The fourth-order valence-electron chi connectivity index (χ4n) is 4.38. The highest BCUT2D eigenvalue weighted by Gasteiger charge is 2.39. The summed E-state index contributed by atoms with van der Waals surface area (Å²) < 4.78 is 65.7. The number of carboxylic acids is 2. The van der Waals surface area contributed by atoms with E-state index in [-0.39, 0.29) is 5.91 Å². The summed E-state index contributed by atoms with van der Waals surface area (Å²) in [5, 5.41) is 17.2. The minimum atomic E-state index is -5.08. The second-order valence-corrected chi connectivity index (χ2v) is 9.53. The second-order valence-electron chi connectivity index (χ2n) is 9.53. The van der Waals surface area contributed by atoms with Crippen molar-refractivity contribution < 1.29 is 50.9 Å². The molecule has 2 aromatic rings. The van der Waals surface area contributed by atoms with Crippen LogP contribution in [-0.2, 0) is 33.9 Å². The second kappa shape index (κ2) is 14.8. The van der Waals surface area contributed by atoms with Gasteiger partial charge in [-0.15, -0.1) is 0 Å². The molecule has 2 aliphatic rings. The van der Waals surface area contributed by atoms with E-state index < -0.39 is 24.3 Å². The number of nitrogens with zero attached hydrogens (tertiary/aromatic N) is 4. The maximum Gasteiger partial charge on any atom is 0.490 e. The summed E-state index contributed by atoms with van der Waals surface area (Å²) in [6, 6.07) is 4.17. The average Bonchev–Trinajstić information content (AvgIpc) is 3.55. The van der Waals surface area contributed by atoms with Crippen LogP contribution in [-0.4, -0.2) is 72.9 Å². The zero-order chi connectivity index (χ0) is 30.8.